The number of aromatic nitrogens is 6. The highest BCUT2D eigenvalue weighted by Gasteiger charge is 2.11. The number of fused-ring (bicyclic) bond motifs is 1. The van der Waals surface area contributed by atoms with Gasteiger partial charge in [0, 0.05) is 18.9 Å². The Hall–Kier alpha value is -2.09. The van der Waals surface area contributed by atoms with Crippen molar-refractivity contribution in [3.8, 4) is 0 Å². The van der Waals surface area contributed by atoms with Crippen LogP contribution in [0, 0.1) is 6.92 Å². The van der Waals surface area contributed by atoms with Crippen molar-refractivity contribution in [3.63, 3.8) is 0 Å². The van der Waals surface area contributed by atoms with Gasteiger partial charge in [-0.25, -0.2) is 15.0 Å². The maximum Gasteiger partial charge on any atom is 0.214 e. The number of aromatic amines is 1. The zero-order valence-corrected chi connectivity index (χ0v) is 11.4. The molecule has 8 heteroatoms. The van der Waals surface area contributed by atoms with Gasteiger partial charge < -0.3 is 9.72 Å². The standard InChI is InChI=1S/C11H13N7S/c1-3-12-8-6-18-5-4-13-9(18)10(15-8)19-11-14-7(2)16-17-11/h4-6,12H,3H2,1-2H3,(H,14,16,17). The largest absolute Gasteiger partial charge is 0.369 e. The number of imidazole rings is 1. The van der Waals surface area contributed by atoms with E-state index in [1.807, 2.05) is 30.6 Å². The lowest BCUT2D eigenvalue weighted by Crippen LogP contribution is -2.02. The van der Waals surface area contributed by atoms with E-state index < -0.39 is 0 Å². The number of hydrogen-bond donors (Lipinski definition) is 2. The van der Waals surface area contributed by atoms with E-state index >= 15 is 0 Å². The Labute approximate surface area is 113 Å². The lowest BCUT2D eigenvalue weighted by molar-refractivity contribution is 0.958. The first-order chi connectivity index (χ1) is 9.26. The van der Waals surface area contributed by atoms with E-state index in [9.17, 15) is 0 Å². The molecule has 19 heavy (non-hydrogen) atoms. The van der Waals surface area contributed by atoms with Crippen LogP contribution in [-0.4, -0.2) is 36.1 Å². The Kier molecular flexibility index (Phi) is 3.08. The van der Waals surface area contributed by atoms with Gasteiger partial charge in [0.15, 0.2) is 5.65 Å². The zero-order valence-electron chi connectivity index (χ0n) is 10.6. The second-order valence-corrected chi connectivity index (χ2v) is 4.88. The van der Waals surface area contributed by atoms with Gasteiger partial charge in [-0.15, -0.1) is 5.10 Å². The second-order valence-electron chi connectivity index (χ2n) is 3.93. The molecule has 3 heterocycles. The van der Waals surface area contributed by atoms with Gasteiger partial charge >= 0.3 is 0 Å². The fourth-order valence-corrected chi connectivity index (χ4v) is 2.53. The quantitative estimate of drug-likeness (QED) is 0.754. The van der Waals surface area contributed by atoms with Crippen molar-refractivity contribution < 1.29 is 0 Å². The predicted molar refractivity (Wildman–Crippen MR) is 72.4 cm³/mol. The van der Waals surface area contributed by atoms with Crippen LogP contribution in [0.25, 0.3) is 5.65 Å². The molecule has 7 nitrogen and oxygen atoms in total. The van der Waals surface area contributed by atoms with E-state index in [4.69, 9.17) is 0 Å². The van der Waals surface area contributed by atoms with Crippen LogP contribution < -0.4 is 5.32 Å². The van der Waals surface area contributed by atoms with Crippen LogP contribution in [0.5, 0.6) is 0 Å². The van der Waals surface area contributed by atoms with E-state index in [0.29, 0.717) is 5.16 Å². The molecule has 0 saturated carbocycles. The Morgan fingerprint density at radius 3 is 3.05 bits per heavy atom. The van der Waals surface area contributed by atoms with E-state index in [2.05, 4.69) is 30.5 Å². The van der Waals surface area contributed by atoms with Crippen molar-refractivity contribution in [2.75, 3.05) is 11.9 Å². The summed E-state index contributed by atoms with van der Waals surface area (Å²) in [6, 6.07) is 0. The lowest BCUT2D eigenvalue weighted by atomic mass is 10.6. The summed E-state index contributed by atoms with van der Waals surface area (Å²) < 4.78 is 1.94. The lowest BCUT2D eigenvalue weighted by Gasteiger charge is -2.06. The van der Waals surface area contributed by atoms with Gasteiger partial charge in [0.05, 0.1) is 6.20 Å². The van der Waals surface area contributed by atoms with Crippen LogP contribution in [0.3, 0.4) is 0 Å². The summed E-state index contributed by atoms with van der Waals surface area (Å²) in [5, 5.41) is 11.5. The van der Waals surface area contributed by atoms with Crippen molar-refractivity contribution in [1.82, 2.24) is 29.5 Å². The molecule has 0 aliphatic carbocycles. The van der Waals surface area contributed by atoms with Gasteiger partial charge in [0.25, 0.3) is 0 Å². The molecule has 0 unspecified atom stereocenters. The minimum Gasteiger partial charge on any atom is -0.369 e. The first-order valence-electron chi connectivity index (χ1n) is 5.90. The van der Waals surface area contributed by atoms with Gasteiger partial charge in [0.1, 0.15) is 16.7 Å². The van der Waals surface area contributed by atoms with Gasteiger partial charge in [-0.05, 0) is 25.6 Å². The van der Waals surface area contributed by atoms with Gasteiger partial charge in [0.2, 0.25) is 5.16 Å². The molecule has 0 spiro atoms. The van der Waals surface area contributed by atoms with Crippen LogP contribution >= 0.6 is 11.8 Å². The van der Waals surface area contributed by atoms with Crippen molar-refractivity contribution in [1.29, 1.82) is 0 Å². The average Bonchev–Trinajstić information content (AvgIpc) is 2.99. The molecule has 3 aromatic rings. The SMILES string of the molecule is CCNc1cn2ccnc2c(Sc2n[nH]c(C)n2)n1. The minimum absolute atomic E-state index is 0.642. The maximum absolute atomic E-state index is 4.54. The monoisotopic (exact) mass is 275 g/mol. The third kappa shape index (κ3) is 2.39. The molecule has 0 aliphatic rings. The summed E-state index contributed by atoms with van der Waals surface area (Å²) in [5.41, 5.74) is 0.800. The molecule has 3 aromatic heterocycles. The summed E-state index contributed by atoms with van der Waals surface area (Å²) in [7, 11) is 0. The molecule has 98 valence electrons. The molecule has 0 atom stereocenters. The Bertz CT molecular complexity index is 702. The van der Waals surface area contributed by atoms with Crippen molar-refractivity contribution in [2.24, 2.45) is 0 Å². The molecule has 0 saturated heterocycles. The Morgan fingerprint density at radius 1 is 1.42 bits per heavy atom. The number of nitrogens with zero attached hydrogens (tertiary/aromatic N) is 5. The molecule has 0 radical (unpaired) electrons. The first-order valence-corrected chi connectivity index (χ1v) is 6.72. The summed E-state index contributed by atoms with van der Waals surface area (Å²) in [6.45, 7) is 4.72. The smallest absolute Gasteiger partial charge is 0.214 e. The summed E-state index contributed by atoms with van der Waals surface area (Å²) in [6.07, 6.45) is 5.56. The molecular weight excluding hydrogens is 262 g/mol. The predicted octanol–water partition coefficient (Wildman–Crippen LogP) is 1.74. The average molecular weight is 275 g/mol. The fourth-order valence-electron chi connectivity index (χ4n) is 1.69. The summed E-state index contributed by atoms with van der Waals surface area (Å²) in [4.78, 5) is 13.1. The zero-order chi connectivity index (χ0) is 13.2. The highest BCUT2D eigenvalue weighted by Crippen LogP contribution is 2.27. The molecule has 0 aromatic carbocycles. The molecule has 0 fully saturated rings. The topological polar surface area (TPSA) is 83.8 Å². The van der Waals surface area contributed by atoms with Crippen molar-refractivity contribution >= 4 is 23.2 Å². The number of H-pyrrole nitrogens is 1. The molecule has 0 bridgehead atoms. The number of anilines is 1. The highest BCUT2D eigenvalue weighted by atomic mass is 32.2. The van der Waals surface area contributed by atoms with Crippen molar-refractivity contribution in [2.45, 2.75) is 24.0 Å². The van der Waals surface area contributed by atoms with Crippen LogP contribution in [0.15, 0.2) is 28.8 Å². The minimum atomic E-state index is 0.642. The van der Waals surface area contributed by atoms with Crippen LogP contribution in [0.2, 0.25) is 0 Å². The Morgan fingerprint density at radius 2 is 2.32 bits per heavy atom. The van der Waals surface area contributed by atoms with E-state index in [0.717, 1.165) is 28.9 Å². The Balaban J connectivity index is 2.02. The summed E-state index contributed by atoms with van der Waals surface area (Å²) >= 11 is 1.39. The van der Waals surface area contributed by atoms with Gasteiger partial charge in [-0.3, -0.25) is 5.10 Å². The molecule has 0 aliphatic heterocycles. The van der Waals surface area contributed by atoms with Gasteiger partial charge in [-0.1, -0.05) is 0 Å². The maximum atomic E-state index is 4.54. The van der Waals surface area contributed by atoms with Crippen LogP contribution in [0.4, 0.5) is 5.82 Å². The van der Waals surface area contributed by atoms with E-state index in [1.54, 1.807) is 6.20 Å². The number of aryl methyl sites for hydroxylation is 1. The van der Waals surface area contributed by atoms with Crippen molar-refractivity contribution in [3.05, 3.63) is 24.4 Å². The second kappa shape index (κ2) is 4.88. The van der Waals surface area contributed by atoms with E-state index in [-0.39, 0.29) is 0 Å². The molecular formula is C11H13N7S. The number of hydrogen-bond acceptors (Lipinski definition) is 6. The third-order valence-corrected chi connectivity index (χ3v) is 3.30. The fraction of sp³-hybridized carbons (Fsp3) is 0.273. The third-order valence-electron chi connectivity index (χ3n) is 2.47. The number of rotatable bonds is 4. The van der Waals surface area contributed by atoms with E-state index in [1.165, 1.54) is 11.8 Å². The van der Waals surface area contributed by atoms with Crippen LogP contribution in [-0.2, 0) is 0 Å². The van der Waals surface area contributed by atoms with Crippen LogP contribution in [0.1, 0.15) is 12.7 Å². The van der Waals surface area contributed by atoms with Gasteiger partial charge in [-0.2, -0.15) is 0 Å². The summed E-state index contributed by atoms with van der Waals surface area (Å²) in [5.74, 6) is 1.59. The number of nitrogens with one attached hydrogen (secondary N) is 2. The molecule has 3 rings (SSSR count). The molecule has 0 amide bonds. The normalized spacial score (nSPS) is 11.1. The molecule has 2 N–H and O–H groups in total. The first kappa shape index (κ1) is 12.0. The highest BCUT2D eigenvalue weighted by molar-refractivity contribution is 7.99.